The minimum atomic E-state index is -0.252. The van der Waals surface area contributed by atoms with Crippen molar-refractivity contribution < 1.29 is 9.90 Å². The lowest BCUT2D eigenvalue weighted by Crippen LogP contribution is -2.19. The molecule has 0 saturated heterocycles. The standard InChI is InChI=1S/C17H18N2O2/c1-11-7-8-15(9-12(11)2)17(21)19-18-13(3)14-5-4-6-16(20)10-14/h4-10,20H,1-3H3,(H,19,21)/b18-13-. The predicted molar refractivity (Wildman–Crippen MR) is 83.7 cm³/mol. The van der Waals surface area contributed by atoms with Gasteiger partial charge in [0.25, 0.3) is 5.91 Å². The van der Waals surface area contributed by atoms with Crippen LogP contribution in [-0.4, -0.2) is 16.7 Å². The SMILES string of the molecule is C/C(=N/NC(=O)c1ccc(C)c(C)c1)c1cccc(O)c1. The molecule has 2 aromatic rings. The highest BCUT2D eigenvalue weighted by molar-refractivity contribution is 6.01. The number of nitrogens with zero attached hydrogens (tertiary/aromatic N) is 1. The van der Waals surface area contributed by atoms with Gasteiger partial charge in [-0.15, -0.1) is 0 Å². The minimum absolute atomic E-state index is 0.169. The minimum Gasteiger partial charge on any atom is -0.508 e. The normalized spacial score (nSPS) is 11.3. The number of amides is 1. The molecule has 0 unspecified atom stereocenters. The molecular formula is C17H18N2O2. The molecule has 0 heterocycles. The third-order valence-corrected chi connectivity index (χ3v) is 3.36. The number of benzene rings is 2. The first-order valence-electron chi connectivity index (χ1n) is 6.68. The third-order valence-electron chi connectivity index (χ3n) is 3.36. The highest BCUT2D eigenvalue weighted by atomic mass is 16.3. The monoisotopic (exact) mass is 282 g/mol. The summed E-state index contributed by atoms with van der Waals surface area (Å²) in [4.78, 5) is 12.0. The summed E-state index contributed by atoms with van der Waals surface area (Å²) in [6.07, 6.45) is 0. The summed E-state index contributed by atoms with van der Waals surface area (Å²) >= 11 is 0. The van der Waals surface area contributed by atoms with Crippen LogP contribution in [0.4, 0.5) is 0 Å². The lowest BCUT2D eigenvalue weighted by atomic mass is 10.1. The Morgan fingerprint density at radius 1 is 1.05 bits per heavy atom. The maximum Gasteiger partial charge on any atom is 0.271 e. The van der Waals surface area contributed by atoms with Gasteiger partial charge in [0.15, 0.2) is 0 Å². The van der Waals surface area contributed by atoms with Crippen LogP contribution in [0.3, 0.4) is 0 Å². The summed E-state index contributed by atoms with van der Waals surface area (Å²) in [6.45, 7) is 5.74. The molecular weight excluding hydrogens is 264 g/mol. The van der Waals surface area contributed by atoms with Gasteiger partial charge in [0.1, 0.15) is 5.75 Å². The molecule has 2 rings (SSSR count). The zero-order valence-corrected chi connectivity index (χ0v) is 12.3. The number of aromatic hydroxyl groups is 1. The molecule has 0 aliphatic carbocycles. The molecule has 0 saturated carbocycles. The first-order valence-corrected chi connectivity index (χ1v) is 6.68. The van der Waals surface area contributed by atoms with E-state index in [9.17, 15) is 9.90 Å². The highest BCUT2D eigenvalue weighted by Gasteiger charge is 2.06. The maximum absolute atomic E-state index is 12.0. The average Bonchev–Trinajstić information content (AvgIpc) is 2.47. The van der Waals surface area contributed by atoms with E-state index in [1.165, 1.54) is 0 Å². The van der Waals surface area contributed by atoms with Crippen molar-refractivity contribution in [2.45, 2.75) is 20.8 Å². The zero-order chi connectivity index (χ0) is 15.4. The van der Waals surface area contributed by atoms with E-state index in [0.717, 1.165) is 16.7 Å². The quantitative estimate of drug-likeness (QED) is 0.671. The Kier molecular flexibility index (Phi) is 4.38. The smallest absolute Gasteiger partial charge is 0.271 e. The van der Waals surface area contributed by atoms with E-state index in [0.29, 0.717) is 11.3 Å². The Balaban J connectivity index is 2.12. The predicted octanol–water partition coefficient (Wildman–Crippen LogP) is 3.16. The van der Waals surface area contributed by atoms with Crippen molar-refractivity contribution in [3.05, 3.63) is 64.7 Å². The summed E-state index contributed by atoms with van der Waals surface area (Å²) in [5.74, 6) is -0.0832. The zero-order valence-electron chi connectivity index (χ0n) is 12.3. The molecule has 2 N–H and O–H groups in total. The summed E-state index contributed by atoms with van der Waals surface area (Å²) in [6, 6.07) is 12.3. The van der Waals surface area contributed by atoms with E-state index in [4.69, 9.17) is 0 Å². The van der Waals surface area contributed by atoms with Crippen LogP contribution in [0.15, 0.2) is 47.6 Å². The summed E-state index contributed by atoms with van der Waals surface area (Å²) in [5, 5.41) is 13.5. The fourth-order valence-corrected chi connectivity index (χ4v) is 1.88. The van der Waals surface area contributed by atoms with Crippen molar-refractivity contribution in [1.29, 1.82) is 0 Å². The van der Waals surface area contributed by atoms with E-state index >= 15 is 0 Å². The van der Waals surface area contributed by atoms with Crippen LogP contribution in [0.5, 0.6) is 5.75 Å². The van der Waals surface area contributed by atoms with Gasteiger partial charge < -0.3 is 5.11 Å². The molecule has 0 atom stereocenters. The van der Waals surface area contributed by atoms with Gasteiger partial charge in [0.2, 0.25) is 0 Å². The van der Waals surface area contributed by atoms with Crippen LogP contribution in [0.2, 0.25) is 0 Å². The first kappa shape index (κ1) is 14.8. The van der Waals surface area contributed by atoms with Crippen molar-refractivity contribution in [1.82, 2.24) is 5.43 Å². The van der Waals surface area contributed by atoms with Gasteiger partial charge in [-0.1, -0.05) is 18.2 Å². The van der Waals surface area contributed by atoms with Crippen LogP contribution in [0.25, 0.3) is 0 Å². The number of rotatable bonds is 3. The third kappa shape index (κ3) is 3.69. The number of phenols is 1. The van der Waals surface area contributed by atoms with Gasteiger partial charge in [-0.3, -0.25) is 4.79 Å². The molecule has 21 heavy (non-hydrogen) atoms. The number of hydrazone groups is 1. The second-order valence-corrected chi connectivity index (χ2v) is 4.99. The molecule has 0 bridgehead atoms. The second-order valence-electron chi connectivity index (χ2n) is 4.99. The molecule has 0 spiro atoms. The number of phenolic OH excluding ortho intramolecular Hbond substituents is 1. The van der Waals surface area contributed by atoms with Gasteiger partial charge >= 0.3 is 0 Å². The first-order chi connectivity index (χ1) is 9.97. The van der Waals surface area contributed by atoms with Crippen molar-refractivity contribution in [3.8, 4) is 5.75 Å². The molecule has 2 aromatic carbocycles. The lowest BCUT2D eigenvalue weighted by Gasteiger charge is -2.05. The molecule has 0 aliphatic heterocycles. The van der Waals surface area contributed by atoms with Crippen molar-refractivity contribution in [3.63, 3.8) is 0 Å². The summed E-state index contributed by atoms with van der Waals surface area (Å²) in [7, 11) is 0. The van der Waals surface area contributed by atoms with E-state index in [1.807, 2.05) is 32.0 Å². The van der Waals surface area contributed by atoms with E-state index in [-0.39, 0.29) is 11.7 Å². The number of aryl methyl sites for hydroxylation is 2. The Morgan fingerprint density at radius 2 is 1.81 bits per heavy atom. The number of hydrogen-bond donors (Lipinski definition) is 2. The molecule has 108 valence electrons. The topological polar surface area (TPSA) is 61.7 Å². The van der Waals surface area contributed by atoms with Crippen LogP contribution in [0, 0.1) is 13.8 Å². The van der Waals surface area contributed by atoms with Crippen LogP contribution < -0.4 is 5.43 Å². The van der Waals surface area contributed by atoms with Gasteiger partial charge in [0.05, 0.1) is 5.71 Å². The Bertz CT molecular complexity index is 706. The summed E-state index contributed by atoms with van der Waals surface area (Å²) in [5.41, 5.74) is 6.70. The maximum atomic E-state index is 12.0. The molecule has 0 aromatic heterocycles. The van der Waals surface area contributed by atoms with Gasteiger partial charge in [0, 0.05) is 11.1 Å². The van der Waals surface area contributed by atoms with Gasteiger partial charge in [-0.25, -0.2) is 5.43 Å². The van der Waals surface area contributed by atoms with E-state index < -0.39 is 0 Å². The largest absolute Gasteiger partial charge is 0.508 e. The van der Waals surface area contributed by atoms with Crippen molar-refractivity contribution >= 4 is 11.6 Å². The number of carbonyl (C=O) groups excluding carboxylic acids is 1. The molecule has 1 amide bonds. The number of hydrogen-bond acceptors (Lipinski definition) is 3. The van der Waals surface area contributed by atoms with Crippen molar-refractivity contribution in [2.75, 3.05) is 0 Å². The Morgan fingerprint density at radius 3 is 2.48 bits per heavy atom. The molecule has 4 nitrogen and oxygen atoms in total. The van der Waals surface area contributed by atoms with E-state index in [1.54, 1.807) is 31.2 Å². The molecule has 0 aliphatic rings. The van der Waals surface area contributed by atoms with Gasteiger partial charge in [-0.05, 0) is 56.2 Å². The van der Waals surface area contributed by atoms with Crippen LogP contribution in [0.1, 0.15) is 34.0 Å². The lowest BCUT2D eigenvalue weighted by molar-refractivity contribution is 0.0954. The van der Waals surface area contributed by atoms with Crippen molar-refractivity contribution in [2.24, 2.45) is 5.10 Å². The molecule has 0 fully saturated rings. The van der Waals surface area contributed by atoms with E-state index in [2.05, 4.69) is 10.5 Å². The number of nitrogens with one attached hydrogen (secondary N) is 1. The second kappa shape index (κ2) is 6.22. The Labute approximate surface area is 124 Å². The average molecular weight is 282 g/mol. The number of carbonyl (C=O) groups is 1. The highest BCUT2D eigenvalue weighted by Crippen LogP contribution is 2.12. The van der Waals surface area contributed by atoms with Crippen LogP contribution >= 0.6 is 0 Å². The molecule has 4 heteroatoms. The van der Waals surface area contributed by atoms with Crippen LogP contribution in [-0.2, 0) is 0 Å². The molecule has 0 radical (unpaired) electrons. The fourth-order valence-electron chi connectivity index (χ4n) is 1.88. The fraction of sp³-hybridized carbons (Fsp3) is 0.176. The summed E-state index contributed by atoms with van der Waals surface area (Å²) < 4.78 is 0. The van der Waals surface area contributed by atoms with Gasteiger partial charge in [-0.2, -0.15) is 5.10 Å². The Hall–Kier alpha value is -2.62.